The van der Waals surface area contributed by atoms with Crippen molar-refractivity contribution in [1.29, 1.82) is 0 Å². The first-order chi connectivity index (χ1) is 11.1. The van der Waals surface area contributed by atoms with Gasteiger partial charge in [-0.05, 0) is 12.0 Å². The second-order valence-corrected chi connectivity index (χ2v) is 5.77. The van der Waals surface area contributed by atoms with Crippen LogP contribution in [0.2, 0.25) is 0 Å². The molecule has 6 nitrogen and oxygen atoms in total. The first-order valence-electron chi connectivity index (χ1n) is 8.05. The van der Waals surface area contributed by atoms with Crippen LogP contribution in [-0.4, -0.2) is 59.3 Å². The number of unbranched alkanes of at least 4 members (excludes halogenated alkanes) is 1. The van der Waals surface area contributed by atoms with E-state index in [2.05, 4.69) is 0 Å². The van der Waals surface area contributed by atoms with Gasteiger partial charge in [0.05, 0.1) is 13.2 Å². The number of ether oxygens (including phenoxy) is 2. The Bertz CT molecular complexity index is 481. The molecule has 1 heterocycles. The number of nitrogens with zero attached hydrogens (tertiary/aromatic N) is 1. The van der Waals surface area contributed by atoms with Crippen molar-refractivity contribution in [2.45, 2.75) is 44.6 Å². The van der Waals surface area contributed by atoms with E-state index >= 15 is 0 Å². The van der Waals surface area contributed by atoms with Crippen LogP contribution < -0.4 is 0 Å². The van der Waals surface area contributed by atoms with Crippen molar-refractivity contribution >= 4 is 6.09 Å². The zero-order chi connectivity index (χ0) is 16.7. The fraction of sp³-hybridized carbons (Fsp3) is 0.588. The number of cyclic esters (lactones) is 1. The van der Waals surface area contributed by atoms with Gasteiger partial charge in [-0.15, -0.1) is 0 Å². The van der Waals surface area contributed by atoms with Crippen LogP contribution in [0.25, 0.3) is 0 Å². The van der Waals surface area contributed by atoms with Gasteiger partial charge in [0.1, 0.15) is 18.3 Å². The van der Waals surface area contributed by atoms with E-state index in [4.69, 9.17) is 9.47 Å². The Morgan fingerprint density at radius 1 is 1.35 bits per heavy atom. The maximum atomic E-state index is 11.9. The van der Waals surface area contributed by atoms with Crippen molar-refractivity contribution < 1.29 is 24.5 Å². The molecule has 3 atom stereocenters. The molecule has 0 saturated carbocycles. The Kier molecular flexibility index (Phi) is 6.83. The van der Waals surface area contributed by atoms with Gasteiger partial charge in [0.15, 0.2) is 0 Å². The molecule has 2 N–H and O–H groups in total. The van der Waals surface area contributed by atoms with Gasteiger partial charge in [0.25, 0.3) is 0 Å². The number of hydrogen-bond donors (Lipinski definition) is 2. The Labute approximate surface area is 136 Å². The zero-order valence-corrected chi connectivity index (χ0v) is 13.4. The molecule has 1 aliphatic heterocycles. The van der Waals surface area contributed by atoms with Crippen LogP contribution in [0.1, 0.15) is 25.3 Å². The molecule has 1 amide bonds. The molecule has 23 heavy (non-hydrogen) atoms. The lowest BCUT2D eigenvalue weighted by Gasteiger charge is -2.22. The van der Waals surface area contributed by atoms with Crippen molar-refractivity contribution in [3.05, 3.63) is 35.9 Å². The summed E-state index contributed by atoms with van der Waals surface area (Å²) in [7, 11) is 0. The summed E-state index contributed by atoms with van der Waals surface area (Å²) in [5, 5.41) is 20.1. The van der Waals surface area contributed by atoms with Gasteiger partial charge in [-0.2, -0.15) is 0 Å². The summed E-state index contributed by atoms with van der Waals surface area (Å²) in [6.45, 7) is 3.31. The molecule has 0 aromatic heterocycles. The van der Waals surface area contributed by atoms with Crippen LogP contribution >= 0.6 is 0 Å². The molecular weight excluding hydrogens is 298 g/mol. The highest BCUT2D eigenvalue weighted by atomic mass is 16.6. The predicted octanol–water partition coefficient (Wildman–Crippen LogP) is 1.55. The maximum Gasteiger partial charge on any atom is 0.410 e. The van der Waals surface area contributed by atoms with Gasteiger partial charge in [-0.3, -0.25) is 0 Å². The van der Waals surface area contributed by atoms with Crippen molar-refractivity contribution in [1.82, 2.24) is 4.90 Å². The number of carbonyl (C=O) groups excluding carboxylic acids is 1. The van der Waals surface area contributed by atoms with Crippen molar-refractivity contribution in [2.75, 3.05) is 19.8 Å². The van der Waals surface area contributed by atoms with Crippen molar-refractivity contribution in [2.24, 2.45) is 0 Å². The molecule has 1 aromatic carbocycles. The Hall–Kier alpha value is -1.63. The lowest BCUT2D eigenvalue weighted by atomic mass is 10.1. The van der Waals surface area contributed by atoms with Crippen LogP contribution in [-0.2, 0) is 16.0 Å². The van der Waals surface area contributed by atoms with Crippen LogP contribution in [0, 0.1) is 0 Å². The molecule has 1 aromatic rings. The van der Waals surface area contributed by atoms with E-state index in [-0.39, 0.29) is 13.2 Å². The lowest BCUT2D eigenvalue weighted by molar-refractivity contribution is -0.0793. The van der Waals surface area contributed by atoms with Crippen LogP contribution in [0.5, 0.6) is 0 Å². The second kappa shape index (κ2) is 8.86. The molecule has 6 heteroatoms. The molecule has 1 fully saturated rings. The summed E-state index contributed by atoms with van der Waals surface area (Å²) in [5.41, 5.74) is 0.989. The van der Waals surface area contributed by atoms with E-state index in [1.54, 1.807) is 0 Å². The Balaban J connectivity index is 1.81. The van der Waals surface area contributed by atoms with Gasteiger partial charge in [-0.25, -0.2) is 4.79 Å². The fourth-order valence-corrected chi connectivity index (χ4v) is 2.44. The third-order valence-electron chi connectivity index (χ3n) is 3.83. The molecule has 0 aliphatic carbocycles. The molecule has 2 rings (SSSR count). The van der Waals surface area contributed by atoms with E-state index in [1.807, 2.05) is 37.3 Å². The molecular formula is C17H25NO5. The molecule has 1 saturated heterocycles. The largest absolute Gasteiger partial charge is 0.441 e. The highest BCUT2D eigenvalue weighted by molar-refractivity contribution is 5.70. The summed E-state index contributed by atoms with van der Waals surface area (Å²) in [5.74, 6) is 0. The summed E-state index contributed by atoms with van der Waals surface area (Å²) in [6.07, 6.45) is -1.52. The minimum atomic E-state index is -1.15. The number of aliphatic hydroxyl groups excluding tert-OH is 2. The van der Waals surface area contributed by atoms with Crippen LogP contribution in [0.4, 0.5) is 4.79 Å². The molecule has 0 spiro atoms. The Morgan fingerprint density at radius 2 is 2.09 bits per heavy atom. The molecule has 0 radical (unpaired) electrons. The van der Waals surface area contributed by atoms with Crippen molar-refractivity contribution in [3.8, 4) is 0 Å². The smallest absolute Gasteiger partial charge is 0.410 e. The van der Waals surface area contributed by atoms with Crippen LogP contribution in [0.15, 0.2) is 30.3 Å². The summed E-state index contributed by atoms with van der Waals surface area (Å²) in [4.78, 5) is 13.4. The van der Waals surface area contributed by atoms with E-state index in [0.717, 1.165) is 18.4 Å². The molecule has 0 bridgehead atoms. The quantitative estimate of drug-likeness (QED) is 0.674. The molecule has 1 aliphatic rings. The monoisotopic (exact) mass is 323 g/mol. The van der Waals surface area contributed by atoms with Gasteiger partial charge < -0.3 is 24.6 Å². The number of rotatable bonds is 9. The maximum absolute atomic E-state index is 11.9. The summed E-state index contributed by atoms with van der Waals surface area (Å²) in [6, 6.07) is 9.56. The zero-order valence-electron chi connectivity index (χ0n) is 13.4. The first kappa shape index (κ1) is 17.7. The van der Waals surface area contributed by atoms with Gasteiger partial charge in [0.2, 0.25) is 0 Å². The minimum Gasteiger partial charge on any atom is -0.441 e. The first-order valence-corrected chi connectivity index (χ1v) is 8.05. The Morgan fingerprint density at radius 3 is 2.78 bits per heavy atom. The third kappa shape index (κ3) is 5.20. The van der Waals surface area contributed by atoms with E-state index in [0.29, 0.717) is 13.2 Å². The van der Waals surface area contributed by atoms with E-state index in [9.17, 15) is 15.0 Å². The van der Waals surface area contributed by atoms with Gasteiger partial charge in [-0.1, -0.05) is 43.7 Å². The third-order valence-corrected chi connectivity index (χ3v) is 3.83. The topological polar surface area (TPSA) is 79.2 Å². The van der Waals surface area contributed by atoms with Crippen LogP contribution in [0.3, 0.4) is 0 Å². The SMILES string of the molecule is CCCCOCC(O)[C@@H](O)[C@H]1CN(Cc2ccccc2)C(=O)O1. The number of carbonyl (C=O) groups is 1. The summed E-state index contributed by atoms with van der Waals surface area (Å²) < 4.78 is 10.5. The minimum absolute atomic E-state index is 0.0356. The fourth-order valence-electron chi connectivity index (χ4n) is 2.44. The number of aliphatic hydroxyl groups is 2. The molecule has 1 unspecified atom stereocenters. The van der Waals surface area contributed by atoms with E-state index in [1.165, 1.54) is 4.90 Å². The van der Waals surface area contributed by atoms with Gasteiger partial charge in [0, 0.05) is 13.2 Å². The number of hydrogen-bond acceptors (Lipinski definition) is 5. The highest BCUT2D eigenvalue weighted by Crippen LogP contribution is 2.19. The standard InChI is InChI=1S/C17H25NO5/c1-2-3-9-22-12-14(19)16(20)15-11-18(17(21)23-15)10-13-7-5-4-6-8-13/h4-8,14-16,19-20H,2-3,9-12H2,1H3/t14?,15-,16-/m1/s1. The number of benzene rings is 1. The predicted molar refractivity (Wildman–Crippen MR) is 84.9 cm³/mol. The van der Waals surface area contributed by atoms with E-state index < -0.39 is 24.4 Å². The average Bonchev–Trinajstić information content (AvgIpc) is 2.92. The summed E-state index contributed by atoms with van der Waals surface area (Å²) >= 11 is 0. The highest BCUT2D eigenvalue weighted by Gasteiger charge is 2.38. The number of amides is 1. The van der Waals surface area contributed by atoms with Gasteiger partial charge >= 0.3 is 6.09 Å². The average molecular weight is 323 g/mol. The lowest BCUT2D eigenvalue weighted by Crippen LogP contribution is -2.42. The van der Waals surface area contributed by atoms with Crippen molar-refractivity contribution in [3.63, 3.8) is 0 Å². The normalized spacial score (nSPS) is 20.4. The second-order valence-electron chi connectivity index (χ2n) is 5.77. The molecule has 128 valence electrons.